The Kier molecular flexibility index (Phi) is 5.61. The van der Waals surface area contributed by atoms with Crippen molar-refractivity contribution in [2.24, 2.45) is 0 Å². The molecule has 0 fully saturated rings. The van der Waals surface area contributed by atoms with Crippen LogP contribution in [0.15, 0.2) is 101 Å². The van der Waals surface area contributed by atoms with E-state index in [1.807, 2.05) is 60.9 Å². The Hall–Kier alpha value is -2.42. The zero-order chi connectivity index (χ0) is 19.4. The number of aromatic nitrogens is 1. The topological polar surface area (TPSA) is 26.0 Å². The van der Waals surface area contributed by atoms with Gasteiger partial charge in [-0.25, -0.2) is 4.39 Å². The molecule has 4 rings (SSSR count). The molecule has 0 aliphatic heterocycles. The molecule has 5 heteroatoms. The quantitative estimate of drug-likeness (QED) is 0.347. The first-order valence-corrected chi connectivity index (χ1v) is 12.0. The fourth-order valence-electron chi connectivity index (χ4n) is 3.51. The lowest BCUT2D eigenvalue weighted by atomic mass is 10.4. The van der Waals surface area contributed by atoms with Crippen molar-refractivity contribution in [1.29, 1.82) is 0 Å². The van der Waals surface area contributed by atoms with E-state index in [2.05, 4.69) is 41.4 Å². The molecule has 0 spiro atoms. The summed E-state index contributed by atoms with van der Waals surface area (Å²) >= 11 is 1.47. The van der Waals surface area contributed by atoms with Gasteiger partial charge >= 0.3 is 0 Å². The van der Waals surface area contributed by atoms with Crippen molar-refractivity contribution in [2.45, 2.75) is 11.8 Å². The number of hydrogen-bond donors (Lipinski definition) is 0. The van der Waals surface area contributed by atoms with Gasteiger partial charge in [-0.15, -0.1) is 0 Å². The van der Waals surface area contributed by atoms with Gasteiger partial charge in [-0.2, -0.15) is 4.98 Å². The largest absolute Gasteiger partial charge is 0.427 e. The number of oxazole rings is 1. The molecular weight excluding hydrogens is 388 g/mol. The molecule has 4 aromatic rings. The lowest BCUT2D eigenvalue weighted by Crippen LogP contribution is -2.40. The van der Waals surface area contributed by atoms with Crippen LogP contribution in [0.5, 0.6) is 0 Å². The second kappa shape index (κ2) is 8.30. The zero-order valence-corrected chi connectivity index (χ0v) is 17.2. The van der Waals surface area contributed by atoms with Crippen LogP contribution in [0.3, 0.4) is 0 Å². The number of nitrogens with zero attached hydrogens (tertiary/aromatic N) is 1. The minimum atomic E-state index is -2.34. The van der Waals surface area contributed by atoms with Gasteiger partial charge in [0.25, 0.3) is 5.44 Å². The number of hydrogen-bond acceptors (Lipinski definition) is 3. The van der Waals surface area contributed by atoms with Crippen molar-refractivity contribution in [3.05, 3.63) is 96.9 Å². The van der Waals surface area contributed by atoms with Crippen LogP contribution in [0, 0.1) is 0 Å². The van der Waals surface area contributed by atoms with Crippen molar-refractivity contribution < 1.29 is 8.81 Å². The van der Waals surface area contributed by atoms with Gasteiger partial charge in [0.05, 0.1) is 0 Å². The van der Waals surface area contributed by atoms with Crippen molar-refractivity contribution in [1.82, 2.24) is 4.98 Å². The SMILES string of the molecule is CSc1oc(CF)nc1[P+](c1ccccc1)(c1ccccc1)c1ccccc1. The second-order valence-electron chi connectivity index (χ2n) is 6.23. The average molecular weight is 408 g/mol. The average Bonchev–Trinajstić information content (AvgIpc) is 3.20. The molecule has 0 saturated carbocycles. The van der Waals surface area contributed by atoms with Gasteiger partial charge in [-0.3, -0.25) is 0 Å². The van der Waals surface area contributed by atoms with Gasteiger partial charge in [-0.1, -0.05) is 66.4 Å². The van der Waals surface area contributed by atoms with Crippen molar-refractivity contribution in [2.75, 3.05) is 6.26 Å². The molecule has 3 aromatic carbocycles. The molecule has 0 saturated heterocycles. The number of alkyl halides is 1. The molecule has 0 N–H and O–H groups in total. The van der Waals surface area contributed by atoms with Gasteiger partial charge in [0.15, 0.2) is 13.9 Å². The molecule has 0 atom stereocenters. The van der Waals surface area contributed by atoms with Crippen LogP contribution in [0.2, 0.25) is 0 Å². The minimum absolute atomic E-state index is 0.131. The maximum Gasteiger partial charge on any atom is 0.250 e. The molecule has 2 nitrogen and oxygen atoms in total. The molecule has 0 amide bonds. The summed E-state index contributed by atoms with van der Waals surface area (Å²) in [4.78, 5) is 4.69. The number of rotatable bonds is 6. The highest BCUT2D eigenvalue weighted by atomic mass is 32.2. The Morgan fingerprint density at radius 1 is 0.786 bits per heavy atom. The highest BCUT2D eigenvalue weighted by Gasteiger charge is 2.52. The Morgan fingerprint density at radius 2 is 1.21 bits per heavy atom. The molecule has 0 bridgehead atoms. The summed E-state index contributed by atoms with van der Waals surface area (Å²) < 4.78 is 19.3. The van der Waals surface area contributed by atoms with E-state index in [4.69, 9.17) is 4.42 Å². The van der Waals surface area contributed by atoms with Gasteiger partial charge in [0, 0.05) is 0 Å². The Bertz CT molecular complexity index is 942. The highest BCUT2D eigenvalue weighted by Crippen LogP contribution is 2.55. The lowest BCUT2D eigenvalue weighted by Gasteiger charge is -2.25. The monoisotopic (exact) mass is 408 g/mol. The lowest BCUT2D eigenvalue weighted by molar-refractivity contribution is 0.349. The summed E-state index contributed by atoms with van der Waals surface area (Å²) in [5, 5.41) is 4.18. The third kappa shape index (κ3) is 3.17. The predicted molar refractivity (Wildman–Crippen MR) is 118 cm³/mol. The summed E-state index contributed by atoms with van der Waals surface area (Å²) in [6, 6.07) is 31.2. The molecule has 140 valence electrons. The molecular formula is C23H20FNOPS+. The van der Waals surface area contributed by atoms with E-state index in [1.54, 1.807) is 0 Å². The second-order valence-corrected chi connectivity index (χ2v) is 10.3. The molecule has 0 unspecified atom stereocenters. The van der Waals surface area contributed by atoms with E-state index in [0.29, 0.717) is 5.09 Å². The van der Waals surface area contributed by atoms with Crippen LogP contribution < -0.4 is 21.3 Å². The van der Waals surface area contributed by atoms with Crippen LogP contribution in [-0.2, 0) is 6.67 Å². The maximum atomic E-state index is 13.5. The fourth-order valence-corrected chi connectivity index (χ4v) is 8.67. The first-order valence-electron chi connectivity index (χ1n) is 8.97. The van der Waals surface area contributed by atoms with Crippen molar-refractivity contribution in [3.8, 4) is 0 Å². The van der Waals surface area contributed by atoms with Crippen LogP contribution in [0.4, 0.5) is 4.39 Å². The van der Waals surface area contributed by atoms with Crippen LogP contribution in [-0.4, -0.2) is 11.2 Å². The van der Waals surface area contributed by atoms with E-state index in [0.717, 1.165) is 5.44 Å². The van der Waals surface area contributed by atoms with Crippen LogP contribution in [0.25, 0.3) is 0 Å². The summed E-state index contributed by atoms with van der Waals surface area (Å²) in [6.45, 7) is -0.716. The number of benzene rings is 3. The van der Waals surface area contributed by atoms with Gasteiger partial charge < -0.3 is 4.42 Å². The predicted octanol–water partition coefficient (Wildman–Crippen LogP) is 4.49. The first kappa shape index (κ1) is 18.9. The molecule has 28 heavy (non-hydrogen) atoms. The smallest absolute Gasteiger partial charge is 0.250 e. The van der Waals surface area contributed by atoms with E-state index in [9.17, 15) is 4.39 Å². The van der Waals surface area contributed by atoms with Gasteiger partial charge in [0.1, 0.15) is 15.9 Å². The van der Waals surface area contributed by atoms with Crippen LogP contribution in [0.1, 0.15) is 5.89 Å². The zero-order valence-electron chi connectivity index (χ0n) is 15.5. The standard InChI is InChI=1S/C23H20FNOPS/c1-28-23-22(25-21(17-24)26-23)27(18-11-5-2-6-12-18,19-13-7-3-8-14-19)20-15-9-4-10-16-20/h2-16H,17H2,1H3/q+1. The summed E-state index contributed by atoms with van der Waals surface area (Å²) in [6.07, 6.45) is 1.95. The number of halogens is 1. The van der Waals surface area contributed by atoms with Gasteiger partial charge in [0.2, 0.25) is 11.0 Å². The van der Waals surface area contributed by atoms with E-state index >= 15 is 0 Å². The first-order chi connectivity index (χ1) is 13.8. The Labute approximate surface area is 169 Å². The Morgan fingerprint density at radius 3 is 1.57 bits per heavy atom. The van der Waals surface area contributed by atoms with E-state index in [1.165, 1.54) is 27.7 Å². The van der Waals surface area contributed by atoms with E-state index in [-0.39, 0.29) is 5.89 Å². The van der Waals surface area contributed by atoms with Crippen molar-refractivity contribution in [3.63, 3.8) is 0 Å². The number of thioether (sulfide) groups is 1. The van der Waals surface area contributed by atoms with Crippen molar-refractivity contribution >= 4 is 40.4 Å². The van der Waals surface area contributed by atoms with Gasteiger partial charge in [-0.05, 0) is 42.7 Å². The summed E-state index contributed by atoms with van der Waals surface area (Å²) in [5.41, 5.74) is 0.830. The summed E-state index contributed by atoms with van der Waals surface area (Å²) in [5.74, 6) is 0.131. The maximum absolute atomic E-state index is 13.5. The normalized spacial score (nSPS) is 11.5. The third-order valence-electron chi connectivity index (χ3n) is 4.67. The third-order valence-corrected chi connectivity index (χ3v) is 9.63. The molecule has 0 aliphatic carbocycles. The Balaban J connectivity index is 2.15. The molecule has 1 aromatic heterocycles. The molecule has 0 radical (unpaired) electrons. The minimum Gasteiger partial charge on any atom is -0.427 e. The van der Waals surface area contributed by atoms with E-state index < -0.39 is 13.9 Å². The molecule has 0 aliphatic rings. The van der Waals surface area contributed by atoms with Crippen LogP contribution >= 0.6 is 19.0 Å². The molecule has 1 heterocycles. The fraction of sp³-hybridized carbons (Fsp3) is 0.0870. The summed E-state index contributed by atoms with van der Waals surface area (Å²) in [7, 11) is -2.34. The highest BCUT2D eigenvalue weighted by molar-refractivity contribution is 8.04.